The maximum atomic E-state index is 11.9. The van der Waals surface area contributed by atoms with Crippen LogP contribution in [0.4, 0.5) is 5.69 Å². The molecule has 5 heteroatoms. The largest absolute Gasteiger partial charge is 0.455 e. The summed E-state index contributed by atoms with van der Waals surface area (Å²) in [6, 6.07) is 13.6. The number of carbonyl (C=O) groups is 1. The Morgan fingerprint density at radius 3 is 2.67 bits per heavy atom. The Kier molecular flexibility index (Phi) is 4.10. The van der Waals surface area contributed by atoms with Gasteiger partial charge in [-0.15, -0.1) is 0 Å². The van der Waals surface area contributed by atoms with Crippen molar-refractivity contribution in [2.45, 2.75) is 0 Å². The molecule has 0 aliphatic rings. The molecule has 0 saturated carbocycles. The lowest BCUT2D eigenvalue weighted by molar-refractivity contribution is 0.0827. The second-order valence-electron chi connectivity index (χ2n) is 4.69. The molecule has 0 heterocycles. The topological polar surface area (TPSA) is 79.3 Å². The zero-order valence-corrected chi connectivity index (χ0v) is 11.8. The number of nitriles is 1. The molecule has 0 aromatic heterocycles. The van der Waals surface area contributed by atoms with Crippen LogP contribution in [0.15, 0.2) is 42.5 Å². The maximum absolute atomic E-state index is 11.9. The van der Waals surface area contributed by atoms with E-state index in [-0.39, 0.29) is 5.91 Å². The van der Waals surface area contributed by atoms with Crippen molar-refractivity contribution in [3.05, 3.63) is 53.6 Å². The van der Waals surface area contributed by atoms with Crippen molar-refractivity contribution in [3.8, 4) is 17.6 Å². The van der Waals surface area contributed by atoms with Crippen molar-refractivity contribution >= 4 is 11.6 Å². The molecule has 0 aliphatic heterocycles. The molecule has 5 nitrogen and oxygen atoms in total. The molecule has 0 bridgehead atoms. The Morgan fingerprint density at radius 2 is 2.00 bits per heavy atom. The fourth-order valence-electron chi connectivity index (χ4n) is 1.77. The van der Waals surface area contributed by atoms with Gasteiger partial charge in [0, 0.05) is 19.7 Å². The van der Waals surface area contributed by atoms with Crippen molar-refractivity contribution in [2.75, 3.05) is 19.8 Å². The van der Waals surface area contributed by atoms with E-state index in [4.69, 9.17) is 15.7 Å². The first kappa shape index (κ1) is 14.4. The summed E-state index contributed by atoms with van der Waals surface area (Å²) < 4.78 is 5.68. The second-order valence-corrected chi connectivity index (χ2v) is 4.69. The molecule has 2 N–H and O–H groups in total. The number of ether oxygens (including phenoxy) is 1. The fraction of sp³-hybridized carbons (Fsp3) is 0.125. The van der Waals surface area contributed by atoms with Gasteiger partial charge in [-0.05, 0) is 36.4 Å². The van der Waals surface area contributed by atoms with Crippen LogP contribution in [0.2, 0.25) is 0 Å². The lowest BCUT2D eigenvalue weighted by atomic mass is 10.1. The molecule has 1 amide bonds. The van der Waals surface area contributed by atoms with Crippen LogP contribution in [0.25, 0.3) is 0 Å². The smallest absolute Gasteiger partial charge is 0.253 e. The van der Waals surface area contributed by atoms with Crippen LogP contribution in [-0.4, -0.2) is 24.9 Å². The minimum absolute atomic E-state index is 0.134. The molecule has 0 atom stereocenters. The van der Waals surface area contributed by atoms with Gasteiger partial charge in [-0.3, -0.25) is 4.79 Å². The number of carbonyl (C=O) groups excluding carboxylic acids is 1. The fourth-order valence-corrected chi connectivity index (χ4v) is 1.77. The van der Waals surface area contributed by atoms with Crippen LogP contribution in [0.1, 0.15) is 15.9 Å². The van der Waals surface area contributed by atoms with Gasteiger partial charge in [0.1, 0.15) is 5.75 Å². The van der Waals surface area contributed by atoms with Crippen LogP contribution in [0, 0.1) is 11.3 Å². The van der Waals surface area contributed by atoms with Crippen molar-refractivity contribution in [1.29, 1.82) is 5.26 Å². The molecule has 2 aromatic carbocycles. The average Bonchev–Trinajstić information content (AvgIpc) is 2.49. The summed E-state index contributed by atoms with van der Waals surface area (Å²) in [6.45, 7) is 0. The molecule has 0 aliphatic carbocycles. The van der Waals surface area contributed by atoms with Gasteiger partial charge in [0.15, 0.2) is 5.75 Å². The third-order valence-corrected chi connectivity index (χ3v) is 2.86. The number of hydrogen-bond donors (Lipinski definition) is 1. The van der Waals surface area contributed by atoms with Gasteiger partial charge in [0.25, 0.3) is 5.91 Å². The molecule has 2 rings (SSSR count). The highest BCUT2D eigenvalue weighted by atomic mass is 16.5. The average molecular weight is 281 g/mol. The molecule has 0 saturated heterocycles. The lowest BCUT2D eigenvalue weighted by Gasteiger charge is -2.13. The molecule has 0 radical (unpaired) electrons. The third kappa shape index (κ3) is 3.31. The molecule has 0 fully saturated rings. The van der Waals surface area contributed by atoms with E-state index < -0.39 is 0 Å². The number of nitrogens with zero attached hydrogens (tertiary/aromatic N) is 2. The van der Waals surface area contributed by atoms with Crippen molar-refractivity contribution in [3.63, 3.8) is 0 Å². The Balaban J connectivity index is 2.33. The zero-order valence-electron chi connectivity index (χ0n) is 11.8. The van der Waals surface area contributed by atoms with Crippen LogP contribution in [0.5, 0.6) is 11.5 Å². The summed E-state index contributed by atoms with van der Waals surface area (Å²) in [5.41, 5.74) is 7.27. The molecule has 106 valence electrons. The molecular formula is C16H15N3O2. The highest BCUT2D eigenvalue weighted by Crippen LogP contribution is 2.29. The summed E-state index contributed by atoms with van der Waals surface area (Å²) >= 11 is 0. The van der Waals surface area contributed by atoms with Crippen molar-refractivity contribution in [1.82, 2.24) is 4.90 Å². The molecule has 21 heavy (non-hydrogen) atoms. The normalized spacial score (nSPS) is 9.76. The Labute approximate surface area is 123 Å². The van der Waals surface area contributed by atoms with Gasteiger partial charge in [0.05, 0.1) is 17.3 Å². The monoisotopic (exact) mass is 281 g/mol. The highest BCUT2D eigenvalue weighted by molar-refractivity contribution is 5.94. The van der Waals surface area contributed by atoms with E-state index in [1.807, 2.05) is 6.07 Å². The number of hydrogen-bond acceptors (Lipinski definition) is 4. The third-order valence-electron chi connectivity index (χ3n) is 2.86. The van der Waals surface area contributed by atoms with Gasteiger partial charge >= 0.3 is 0 Å². The van der Waals surface area contributed by atoms with Gasteiger partial charge in [-0.2, -0.15) is 5.26 Å². The number of nitrogen functional groups attached to an aromatic ring is 1. The number of amides is 1. The first-order chi connectivity index (χ1) is 10.0. The van der Waals surface area contributed by atoms with Gasteiger partial charge in [-0.1, -0.05) is 6.07 Å². The highest BCUT2D eigenvalue weighted by Gasteiger charge is 2.11. The van der Waals surface area contributed by atoms with Crippen LogP contribution >= 0.6 is 0 Å². The van der Waals surface area contributed by atoms with Crippen molar-refractivity contribution in [2.24, 2.45) is 0 Å². The van der Waals surface area contributed by atoms with Gasteiger partial charge < -0.3 is 15.4 Å². The van der Waals surface area contributed by atoms with E-state index in [0.717, 1.165) is 0 Å². The molecular weight excluding hydrogens is 266 g/mol. The van der Waals surface area contributed by atoms with Crippen LogP contribution in [-0.2, 0) is 0 Å². The minimum atomic E-state index is -0.134. The Bertz CT molecular complexity index is 718. The maximum Gasteiger partial charge on any atom is 0.253 e. The first-order valence-corrected chi connectivity index (χ1v) is 6.30. The molecule has 0 unspecified atom stereocenters. The predicted octanol–water partition coefficient (Wildman–Crippen LogP) is 2.63. The standard InChI is InChI=1S/C16H15N3O2/c1-19(2)16(20)12-6-7-14(18)15(9-12)21-13-5-3-4-11(8-13)10-17/h3-9H,18H2,1-2H3. The Morgan fingerprint density at radius 1 is 1.24 bits per heavy atom. The molecule has 0 spiro atoms. The SMILES string of the molecule is CN(C)C(=O)c1ccc(N)c(Oc2cccc(C#N)c2)c1. The van der Waals surface area contributed by atoms with E-state index in [1.165, 1.54) is 4.90 Å². The van der Waals surface area contributed by atoms with Gasteiger partial charge in [-0.25, -0.2) is 0 Å². The summed E-state index contributed by atoms with van der Waals surface area (Å²) in [4.78, 5) is 13.4. The second kappa shape index (κ2) is 5.97. The summed E-state index contributed by atoms with van der Waals surface area (Å²) in [7, 11) is 3.35. The van der Waals surface area contributed by atoms with E-state index in [1.54, 1.807) is 56.6 Å². The minimum Gasteiger partial charge on any atom is -0.455 e. The molecule has 2 aromatic rings. The van der Waals surface area contributed by atoms with E-state index in [0.29, 0.717) is 28.3 Å². The van der Waals surface area contributed by atoms with Crippen LogP contribution in [0.3, 0.4) is 0 Å². The van der Waals surface area contributed by atoms with Gasteiger partial charge in [0.2, 0.25) is 0 Å². The van der Waals surface area contributed by atoms with E-state index in [9.17, 15) is 4.79 Å². The summed E-state index contributed by atoms with van der Waals surface area (Å²) in [6.07, 6.45) is 0. The lowest BCUT2D eigenvalue weighted by Crippen LogP contribution is -2.21. The quantitative estimate of drug-likeness (QED) is 0.877. The zero-order chi connectivity index (χ0) is 15.4. The van der Waals surface area contributed by atoms with Crippen molar-refractivity contribution < 1.29 is 9.53 Å². The summed E-state index contributed by atoms with van der Waals surface area (Å²) in [5, 5.41) is 8.88. The Hall–Kier alpha value is -3.00. The number of benzene rings is 2. The number of anilines is 1. The van der Waals surface area contributed by atoms with E-state index >= 15 is 0 Å². The number of nitrogens with two attached hydrogens (primary N) is 1. The summed E-state index contributed by atoms with van der Waals surface area (Å²) in [5.74, 6) is 0.749. The van der Waals surface area contributed by atoms with E-state index in [2.05, 4.69) is 0 Å². The number of rotatable bonds is 3. The first-order valence-electron chi connectivity index (χ1n) is 6.30. The predicted molar refractivity (Wildman–Crippen MR) is 80.1 cm³/mol. The van der Waals surface area contributed by atoms with Crippen LogP contribution < -0.4 is 10.5 Å².